The minimum absolute atomic E-state index is 0. The number of thioether (sulfide) groups is 1. The molecule has 3 aromatic carbocycles. The van der Waals surface area contributed by atoms with Gasteiger partial charge in [0.15, 0.2) is 15.6 Å². The molecular formula is C27H27INO4ReS2-. The summed E-state index contributed by atoms with van der Waals surface area (Å²) < 4.78 is 27.4. The van der Waals surface area contributed by atoms with Crippen LogP contribution in [0.5, 0.6) is 0 Å². The largest absolute Gasteiger partial charge is 0.647 e. The molecule has 0 spiro atoms. The van der Waals surface area contributed by atoms with Crippen LogP contribution in [0.3, 0.4) is 0 Å². The van der Waals surface area contributed by atoms with Gasteiger partial charge in [-0.25, -0.2) is 8.42 Å². The number of hydrogen-bond acceptors (Lipinski definition) is 5. The fraction of sp³-hybridized carbons (Fsp3) is 0.259. The van der Waals surface area contributed by atoms with Gasteiger partial charge in [-0.05, 0) is 71.5 Å². The molecule has 3 aromatic rings. The zero-order chi connectivity index (χ0) is 25.6. The normalized spacial score (nSPS) is 12.0. The molecule has 1 amide bonds. The van der Waals surface area contributed by atoms with Crippen molar-refractivity contribution in [2.45, 2.75) is 36.6 Å². The van der Waals surface area contributed by atoms with E-state index in [-0.39, 0.29) is 48.8 Å². The van der Waals surface area contributed by atoms with Gasteiger partial charge in [0.25, 0.3) is 0 Å². The molecule has 0 fully saturated rings. The van der Waals surface area contributed by atoms with E-state index in [2.05, 4.69) is 27.9 Å². The number of amides is 1. The van der Waals surface area contributed by atoms with Gasteiger partial charge < -0.3 is 10.1 Å². The van der Waals surface area contributed by atoms with Crippen LogP contribution in [0.25, 0.3) is 5.32 Å². The maximum Gasteiger partial charge on any atom is 0.179 e. The van der Waals surface area contributed by atoms with Gasteiger partial charge in [-0.1, -0.05) is 55.8 Å². The van der Waals surface area contributed by atoms with Crippen molar-refractivity contribution in [2.75, 3.05) is 11.5 Å². The minimum Gasteiger partial charge on any atom is -0.647 e. The molecule has 1 unspecified atom stereocenters. The van der Waals surface area contributed by atoms with Crippen LogP contribution >= 0.6 is 34.4 Å². The number of Topliss-reactive ketones (excluding diaryl/α,β-unsaturated/α-hetero) is 1. The van der Waals surface area contributed by atoms with Gasteiger partial charge in [0.05, 0.1) is 16.6 Å². The van der Waals surface area contributed by atoms with Crippen molar-refractivity contribution in [2.24, 2.45) is 5.92 Å². The van der Waals surface area contributed by atoms with Crippen LogP contribution in [-0.4, -0.2) is 37.7 Å². The number of benzene rings is 3. The molecule has 0 aliphatic carbocycles. The zero-order valence-corrected chi connectivity index (χ0v) is 26.7. The van der Waals surface area contributed by atoms with E-state index >= 15 is 0 Å². The molecule has 0 heterocycles. The molecule has 0 aliphatic heterocycles. The SMILES string of the molecule is Cc1ccc(S(=O)(=O)CC(CSc2ccc(I)cc2)C(=O)c2ccc(C(=O)[N-]C(C)C)cc2)cc1.[Re]. The number of aryl methyl sites for hydroxylation is 1. The minimum atomic E-state index is -3.68. The average Bonchev–Trinajstić information content (AvgIpc) is 2.82. The number of carbonyl (C=O) groups excluding carboxylic acids is 2. The van der Waals surface area contributed by atoms with Gasteiger partial charge in [-0.3, -0.25) is 4.79 Å². The Kier molecular flexibility index (Phi) is 11.8. The van der Waals surface area contributed by atoms with Crippen LogP contribution < -0.4 is 0 Å². The van der Waals surface area contributed by atoms with Crippen LogP contribution in [0.15, 0.2) is 82.6 Å². The second-order valence-corrected chi connectivity index (χ2v) is 12.9. The van der Waals surface area contributed by atoms with Crippen LogP contribution in [-0.2, 0) is 30.3 Å². The fourth-order valence-electron chi connectivity index (χ4n) is 3.36. The van der Waals surface area contributed by atoms with E-state index in [0.29, 0.717) is 16.9 Å². The van der Waals surface area contributed by atoms with Gasteiger partial charge in [-0.15, -0.1) is 17.8 Å². The smallest absolute Gasteiger partial charge is 0.179 e. The molecular weight excluding hydrogens is 780 g/mol. The Labute approximate surface area is 244 Å². The van der Waals surface area contributed by atoms with E-state index in [1.165, 1.54) is 11.8 Å². The summed E-state index contributed by atoms with van der Waals surface area (Å²) in [6.07, 6.45) is 0. The molecule has 0 saturated carbocycles. The van der Waals surface area contributed by atoms with Crippen molar-refractivity contribution in [1.82, 2.24) is 0 Å². The first-order valence-corrected chi connectivity index (χ1v) is 14.8. The summed E-state index contributed by atoms with van der Waals surface area (Å²) in [5.74, 6) is -1.35. The number of sulfone groups is 1. The molecule has 1 radical (unpaired) electrons. The van der Waals surface area contributed by atoms with Crippen molar-refractivity contribution >= 4 is 55.9 Å². The number of nitrogens with zero attached hydrogens (tertiary/aromatic N) is 1. The summed E-state index contributed by atoms with van der Waals surface area (Å²) >= 11 is 3.68. The number of rotatable bonds is 10. The monoisotopic (exact) mass is 807 g/mol. The quantitative estimate of drug-likeness (QED) is 0.131. The predicted molar refractivity (Wildman–Crippen MR) is 150 cm³/mol. The van der Waals surface area contributed by atoms with E-state index in [1.807, 2.05) is 45.0 Å². The van der Waals surface area contributed by atoms with Gasteiger partial charge in [0.2, 0.25) is 0 Å². The van der Waals surface area contributed by atoms with Crippen molar-refractivity contribution in [3.8, 4) is 0 Å². The van der Waals surface area contributed by atoms with Crippen molar-refractivity contribution in [1.29, 1.82) is 0 Å². The number of halogens is 1. The third-order valence-electron chi connectivity index (χ3n) is 5.23. The number of carbonyl (C=O) groups is 2. The predicted octanol–water partition coefficient (Wildman–Crippen LogP) is 6.58. The van der Waals surface area contributed by atoms with E-state index in [9.17, 15) is 18.0 Å². The maximum atomic E-state index is 13.5. The Bertz CT molecular complexity index is 1280. The van der Waals surface area contributed by atoms with Crippen molar-refractivity contribution < 1.29 is 38.4 Å². The van der Waals surface area contributed by atoms with Crippen LogP contribution in [0.4, 0.5) is 0 Å². The van der Waals surface area contributed by atoms with Crippen molar-refractivity contribution in [3.05, 3.63) is 98.4 Å². The Morgan fingerprint density at radius 3 is 2.00 bits per heavy atom. The third kappa shape index (κ3) is 8.81. The number of ketones is 1. The fourth-order valence-corrected chi connectivity index (χ4v) is 6.40. The molecule has 0 N–H and O–H groups in total. The first-order chi connectivity index (χ1) is 16.5. The standard InChI is InChI=1S/C27H28INO4S2.Re/c1-18(2)29-27(31)21-8-6-20(7-9-21)26(30)22(16-34-24-12-10-23(28)11-13-24)17-35(32,33)25-14-4-19(3)5-15-25;/h4-15,18,22H,16-17H2,1-3H3,(H,29,31);/p-1. The first-order valence-electron chi connectivity index (χ1n) is 11.1. The summed E-state index contributed by atoms with van der Waals surface area (Å²) in [6, 6.07) is 20.7. The molecule has 0 aliphatic rings. The van der Waals surface area contributed by atoms with E-state index in [4.69, 9.17) is 0 Å². The molecule has 5 nitrogen and oxygen atoms in total. The Morgan fingerprint density at radius 2 is 1.44 bits per heavy atom. The summed E-state index contributed by atoms with van der Waals surface area (Å²) in [7, 11) is -3.68. The molecule has 3 rings (SSSR count). The van der Waals surface area contributed by atoms with Gasteiger partial charge in [0, 0.05) is 46.1 Å². The van der Waals surface area contributed by atoms with Crippen molar-refractivity contribution in [3.63, 3.8) is 0 Å². The maximum absolute atomic E-state index is 13.5. The third-order valence-corrected chi connectivity index (χ3v) is 8.95. The molecule has 0 bridgehead atoms. The van der Waals surface area contributed by atoms with Crippen LogP contribution in [0.1, 0.15) is 40.1 Å². The summed E-state index contributed by atoms with van der Waals surface area (Å²) in [5, 5.41) is 4.01. The first kappa shape index (κ1) is 30.7. The molecule has 36 heavy (non-hydrogen) atoms. The van der Waals surface area contributed by atoms with Crippen LogP contribution in [0.2, 0.25) is 0 Å². The summed E-state index contributed by atoms with van der Waals surface area (Å²) in [4.78, 5) is 26.8. The van der Waals surface area contributed by atoms with E-state index < -0.39 is 15.8 Å². The average molecular weight is 807 g/mol. The molecule has 1 atom stereocenters. The second-order valence-electron chi connectivity index (χ2n) is 8.53. The van der Waals surface area contributed by atoms with Gasteiger partial charge in [-0.2, -0.15) is 0 Å². The zero-order valence-electron chi connectivity index (χ0n) is 20.1. The van der Waals surface area contributed by atoms with Gasteiger partial charge in [0.1, 0.15) is 0 Å². The molecule has 0 aromatic heterocycles. The van der Waals surface area contributed by atoms with E-state index in [1.54, 1.807) is 48.5 Å². The second kappa shape index (κ2) is 13.9. The molecule has 191 valence electrons. The topological polar surface area (TPSA) is 82.4 Å². The molecule has 0 saturated heterocycles. The number of hydrogen-bond donors (Lipinski definition) is 0. The van der Waals surface area contributed by atoms with Gasteiger partial charge >= 0.3 is 0 Å². The Balaban J connectivity index is 0.00000456. The Hall–Kier alpha value is -1.51. The summed E-state index contributed by atoms with van der Waals surface area (Å²) in [6.45, 7) is 5.53. The Morgan fingerprint density at radius 1 is 0.889 bits per heavy atom. The summed E-state index contributed by atoms with van der Waals surface area (Å²) in [5.41, 5.74) is 1.73. The van der Waals surface area contributed by atoms with E-state index in [0.717, 1.165) is 14.0 Å². The molecule has 9 heteroatoms. The van der Waals surface area contributed by atoms with Crippen LogP contribution in [0, 0.1) is 16.4 Å².